The first kappa shape index (κ1) is 18.7. The molecule has 6 rings (SSSR count). The molecule has 31 heavy (non-hydrogen) atoms. The van der Waals surface area contributed by atoms with Crippen LogP contribution in [0, 0.1) is 0 Å². The van der Waals surface area contributed by atoms with Gasteiger partial charge in [-0.2, -0.15) is 0 Å². The molecule has 1 saturated heterocycles. The van der Waals surface area contributed by atoms with Crippen LogP contribution >= 0.6 is 0 Å². The van der Waals surface area contributed by atoms with Crippen LogP contribution in [0.15, 0.2) is 89.8 Å². The molecule has 0 bridgehead atoms. The van der Waals surface area contributed by atoms with Crippen molar-refractivity contribution in [2.24, 2.45) is 0 Å². The smallest absolute Gasteiger partial charge is 0.323 e. The lowest BCUT2D eigenvalue weighted by Gasteiger charge is -2.15. The van der Waals surface area contributed by atoms with E-state index in [4.69, 9.17) is 4.74 Å². The average molecular weight is 424 g/mol. The van der Waals surface area contributed by atoms with Crippen LogP contribution < -0.4 is 4.74 Å². The summed E-state index contributed by atoms with van der Waals surface area (Å²) in [6, 6.07) is 28.9. The van der Waals surface area contributed by atoms with Gasteiger partial charge in [-0.1, -0.05) is 66.7 Å². The van der Waals surface area contributed by atoms with E-state index >= 15 is 0 Å². The van der Waals surface area contributed by atoms with E-state index in [-0.39, 0.29) is 11.9 Å². The van der Waals surface area contributed by atoms with Gasteiger partial charge in [-0.3, -0.25) is 4.79 Å². The lowest BCUT2D eigenvalue weighted by molar-refractivity contribution is -0.134. The first-order chi connectivity index (χ1) is 15.3. The molecule has 4 aromatic rings. The average Bonchev–Trinajstić information content (AvgIpc) is 3.46. The molecule has 4 aromatic carbocycles. The molecule has 0 unspecified atom stereocenters. The van der Waals surface area contributed by atoms with Crippen molar-refractivity contribution < 1.29 is 9.53 Å². The van der Waals surface area contributed by atoms with Crippen LogP contribution in [0.5, 0.6) is 5.75 Å². The summed E-state index contributed by atoms with van der Waals surface area (Å²) in [6.45, 7) is 0. The third kappa shape index (κ3) is 3.07. The van der Waals surface area contributed by atoms with Gasteiger partial charge in [-0.25, -0.2) is 0 Å². The Labute approximate surface area is 185 Å². The highest BCUT2D eigenvalue weighted by atomic mass is 32.2. The third-order valence-corrected chi connectivity index (χ3v) is 9.01. The van der Waals surface area contributed by atoms with Crippen molar-refractivity contribution in [3.8, 4) is 16.9 Å². The Morgan fingerprint density at radius 2 is 1.29 bits per heavy atom. The molecule has 2 nitrogen and oxygen atoms in total. The van der Waals surface area contributed by atoms with E-state index in [1.54, 1.807) is 0 Å². The number of ether oxygens (including phenoxy) is 1. The van der Waals surface area contributed by atoms with Crippen LogP contribution in [-0.4, -0.2) is 17.5 Å². The van der Waals surface area contributed by atoms with Gasteiger partial charge in [0.05, 0.1) is 0 Å². The molecule has 3 heteroatoms. The first-order valence-corrected chi connectivity index (χ1v) is 12.5. The number of rotatable bonds is 3. The monoisotopic (exact) mass is 423 g/mol. The van der Waals surface area contributed by atoms with E-state index in [0.717, 1.165) is 27.6 Å². The number of hydrogen-bond donors (Lipinski definition) is 0. The minimum absolute atomic E-state index is 0.210. The maximum absolute atomic E-state index is 13.5. The fourth-order valence-electron chi connectivity index (χ4n) is 5.04. The molecule has 0 aromatic heterocycles. The van der Waals surface area contributed by atoms with Crippen LogP contribution in [0.25, 0.3) is 21.9 Å². The summed E-state index contributed by atoms with van der Waals surface area (Å²) in [7, 11) is 0.312. The van der Waals surface area contributed by atoms with Gasteiger partial charge in [0, 0.05) is 21.7 Å². The Balaban J connectivity index is 1.40. The quantitative estimate of drug-likeness (QED) is 0.219. The molecular formula is C28H23O2S+. The molecule has 1 aliphatic heterocycles. The largest absolute Gasteiger partial charge is 0.425 e. The van der Waals surface area contributed by atoms with E-state index < -0.39 is 0 Å². The minimum atomic E-state index is -0.387. The molecule has 152 valence electrons. The molecule has 0 amide bonds. The molecular weight excluding hydrogens is 400 g/mol. The number of benzene rings is 4. The highest BCUT2D eigenvalue weighted by molar-refractivity contribution is 7.97. The second-order valence-corrected chi connectivity index (χ2v) is 10.5. The van der Waals surface area contributed by atoms with Gasteiger partial charge in [0.15, 0.2) is 4.90 Å². The van der Waals surface area contributed by atoms with Crippen molar-refractivity contribution in [2.75, 3.05) is 11.5 Å². The van der Waals surface area contributed by atoms with E-state index in [1.807, 2.05) is 48.5 Å². The minimum Gasteiger partial charge on any atom is -0.425 e. The number of carbonyl (C=O) groups is 1. The maximum Gasteiger partial charge on any atom is 0.323 e. The molecule has 1 fully saturated rings. The van der Waals surface area contributed by atoms with Crippen molar-refractivity contribution in [2.45, 2.75) is 23.7 Å². The molecule has 1 aliphatic carbocycles. The lowest BCUT2D eigenvalue weighted by Crippen LogP contribution is -2.18. The van der Waals surface area contributed by atoms with Crippen molar-refractivity contribution in [3.63, 3.8) is 0 Å². The molecule has 1 heterocycles. The van der Waals surface area contributed by atoms with Gasteiger partial charge in [0.25, 0.3) is 0 Å². The second-order valence-electron chi connectivity index (χ2n) is 8.24. The highest BCUT2D eigenvalue weighted by Gasteiger charge is 2.35. The second kappa shape index (κ2) is 7.58. The molecule has 0 radical (unpaired) electrons. The van der Waals surface area contributed by atoms with Crippen molar-refractivity contribution in [1.82, 2.24) is 0 Å². The summed E-state index contributed by atoms with van der Waals surface area (Å²) in [5.74, 6) is 2.62. The van der Waals surface area contributed by atoms with Gasteiger partial charge in [-0.05, 0) is 53.3 Å². The van der Waals surface area contributed by atoms with Crippen molar-refractivity contribution in [3.05, 3.63) is 96.1 Å². The number of carbonyl (C=O) groups excluding carboxylic acids is 1. The van der Waals surface area contributed by atoms with E-state index in [0.29, 0.717) is 16.6 Å². The molecule has 0 atom stereocenters. The summed E-state index contributed by atoms with van der Waals surface area (Å²) in [6.07, 6.45) is 2.63. The van der Waals surface area contributed by atoms with E-state index in [1.165, 1.54) is 34.6 Å². The SMILES string of the molecule is O=C(Oc1ccc([S+]2CCCC2)c2ccccc12)C1c2ccccc2-c2ccccc21. The third-order valence-electron chi connectivity index (χ3n) is 6.47. The normalized spacial score (nSPS) is 15.7. The summed E-state index contributed by atoms with van der Waals surface area (Å²) in [4.78, 5) is 14.9. The maximum atomic E-state index is 13.5. The Hall–Kier alpha value is -3.04. The van der Waals surface area contributed by atoms with Crippen LogP contribution in [0.1, 0.15) is 29.9 Å². The molecule has 0 spiro atoms. The fourth-order valence-corrected chi connectivity index (χ4v) is 7.53. The summed E-state index contributed by atoms with van der Waals surface area (Å²) >= 11 is 0. The van der Waals surface area contributed by atoms with Crippen LogP contribution in [0.3, 0.4) is 0 Å². The Morgan fingerprint density at radius 1 is 0.710 bits per heavy atom. The van der Waals surface area contributed by atoms with E-state index in [9.17, 15) is 4.79 Å². The first-order valence-electron chi connectivity index (χ1n) is 10.9. The topological polar surface area (TPSA) is 26.3 Å². The molecule has 2 aliphatic rings. The van der Waals surface area contributed by atoms with Gasteiger partial charge in [-0.15, -0.1) is 0 Å². The molecule has 0 N–H and O–H groups in total. The van der Waals surface area contributed by atoms with Crippen LogP contribution in [0.4, 0.5) is 0 Å². The zero-order valence-corrected chi connectivity index (χ0v) is 18.0. The van der Waals surface area contributed by atoms with Gasteiger partial charge in [0.1, 0.15) is 23.2 Å². The predicted molar refractivity (Wildman–Crippen MR) is 128 cm³/mol. The standard InChI is InChI=1S/C28H23O2S/c29-28(27-23-13-5-1-9-19(23)20-10-2-6-14-24(20)27)30-25-15-16-26(31-17-7-8-18-31)22-12-4-3-11-21(22)25/h1-6,9-16,27H,7-8,17-18H2/q+1. The van der Waals surface area contributed by atoms with Crippen LogP contribution in [0.2, 0.25) is 0 Å². The van der Waals surface area contributed by atoms with Crippen molar-refractivity contribution in [1.29, 1.82) is 0 Å². The van der Waals surface area contributed by atoms with Gasteiger partial charge < -0.3 is 4.74 Å². The fraction of sp³-hybridized carbons (Fsp3) is 0.179. The Morgan fingerprint density at radius 3 is 1.97 bits per heavy atom. The van der Waals surface area contributed by atoms with Crippen LogP contribution in [-0.2, 0) is 15.7 Å². The van der Waals surface area contributed by atoms with Crippen molar-refractivity contribution >= 4 is 27.6 Å². The predicted octanol–water partition coefficient (Wildman–Crippen LogP) is 6.33. The number of esters is 1. The highest BCUT2D eigenvalue weighted by Crippen LogP contribution is 2.45. The summed E-state index contributed by atoms with van der Waals surface area (Å²) in [5, 5.41) is 2.26. The Kier molecular flexibility index (Phi) is 4.57. The zero-order chi connectivity index (χ0) is 20.8. The zero-order valence-electron chi connectivity index (χ0n) is 17.2. The number of fused-ring (bicyclic) bond motifs is 4. The molecule has 0 saturated carbocycles. The summed E-state index contributed by atoms with van der Waals surface area (Å²) < 4.78 is 6.11. The Bertz CT molecular complexity index is 1260. The number of hydrogen-bond acceptors (Lipinski definition) is 2. The van der Waals surface area contributed by atoms with Gasteiger partial charge in [0.2, 0.25) is 0 Å². The van der Waals surface area contributed by atoms with E-state index in [2.05, 4.69) is 36.4 Å². The van der Waals surface area contributed by atoms with Gasteiger partial charge >= 0.3 is 5.97 Å². The summed E-state index contributed by atoms with van der Waals surface area (Å²) in [5.41, 5.74) is 4.31. The lowest BCUT2D eigenvalue weighted by atomic mass is 9.97.